The topological polar surface area (TPSA) is 77.9 Å². The molecule has 0 aliphatic carbocycles. The number of para-hydroxylation sites is 1. The molecule has 0 amide bonds. The first kappa shape index (κ1) is 18.8. The van der Waals surface area contributed by atoms with Crippen LogP contribution in [-0.2, 0) is 17.7 Å². The molecule has 7 nitrogen and oxygen atoms in total. The van der Waals surface area contributed by atoms with Crippen molar-refractivity contribution in [3.63, 3.8) is 0 Å². The molecular formula is C23H25N5O2. The maximum atomic E-state index is 6.22. The van der Waals surface area contributed by atoms with E-state index in [1.54, 1.807) is 11.6 Å². The molecule has 7 heteroatoms. The van der Waals surface area contributed by atoms with E-state index in [-0.39, 0.29) is 0 Å². The van der Waals surface area contributed by atoms with Gasteiger partial charge in [-0.05, 0) is 23.3 Å². The minimum absolute atomic E-state index is 0.356. The van der Waals surface area contributed by atoms with Crippen molar-refractivity contribution in [3.05, 3.63) is 65.4 Å². The Morgan fingerprint density at radius 3 is 2.67 bits per heavy atom. The van der Waals surface area contributed by atoms with Gasteiger partial charge in [0.2, 0.25) is 5.95 Å². The van der Waals surface area contributed by atoms with Crippen LogP contribution in [0.1, 0.15) is 16.8 Å². The number of hydrogen-bond donors (Lipinski definition) is 1. The Kier molecular flexibility index (Phi) is 4.98. The highest BCUT2D eigenvalue weighted by Crippen LogP contribution is 2.29. The van der Waals surface area contributed by atoms with Crippen molar-refractivity contribution in [1.82, 2.24) is 19.5 Å². The summed E-state index contributed by atoms with van der Waals surface area (Å²) in [6.45, 7) is 4.48. The zero-order valence-electron chi connectivity index (χ0n) is 17.0. The number of aromatic nitrogens is 3. The highest BCUT2D eigenvalue weighted by Gasteiger charge is 2.16. The van der Waals surface area contributed by atoms with Crippen molar-refractivity contribution < 1.29 is 9.47 Å². The lowest BCUT2D eigenvalue weighted by molar-refractivity contribution is 0.0341. The Labute approximate surface area is 175 Å². The summed E-state index contributed by atoms with van der Waals surface area (Å²) in [4.78, 5) is 6.96. The molecule has 4 aromatic rings. The van der Waals surface area contributed by atoms with Crippen LogP contribution >= 0.6 is 0 Å². The molecule has 0 bridgehead atoms. The number of fused-ring (bicyclic) bond motifs is 3. The molecule has 154 valence electrons. The van der Waals surface area contributed by atoms with Crippen LogP contribution in [0.15, 0.2) is 48.5 Å². The van der Waals surface area contributed by atoms with E-state index in [1.807, 2.05) is 18.2 Å². The highest BCUT2D eigenvalue weighted by atomic mass is 16.5. The van der Waals surface area contributed by atoms with Crippen LogP contribution in [0.4, 0.5) is 5.95 Å². The molecule has 0 atom stereocenters. The Hall–Kier alpha value is -3.16. The van der Waals surface area contributed by atoms with Gasteiger partial charge in [0.1, 0.15) is 11.3 Å². The van der Waals surface area contributed by atoms with Crippen LogP contribution in [0.5, 0.6) is 5.75 Å². The number of nitrogens with two attached hydrogens (primary N) is 1. The van der Waals surface area contributed by atoms with Crippen molar-refractivity contribution in [1.29, 1.82) is 0 Å². The summed E-state index contributed by atoms with van der Waals surface area (Å²) < 4.78 is 12.7. The molecule has 2 aromatic carbocycles. The van der Waals surface area contributed by atoms with Crippen LogP contribution in [0.25, 0.3) is 16.4 Å². The number of morpholine rings is 1. The minimum Gasteiger partial charge on any atom is -0.494 e. The van der Waals surface area contributed by atoms with E-state index in [4.69, 9.17) is 20.3 Å². The molecule has 1 fully saturated rings. The van der Waals surface area contributed by atoms with Crippen LogP contribution in [-0.4, -0.2) is 52.9 Å². The Balaban J connectivity index is 1.51. The fourth-order valence-electron chi connectivity index (χ4n) is 4.13. The maximum Gasteiger partial charge on any atom is 0.222 e. The molecule has 5 rings (SSSR count). The predicted molar refractivity (Wildman–Crippen MR) is 117 cm³/mol. The largest absolute Gasteiger partial charge is 0.494 e. The molecule has 30 heavy (non-hydrogen) atoms. The summed E-state index contributed by atoms with van der Waals surface area (Å²) in [5.74, 6) is 1.06. The molecule has 3 heterocycles. The van der Waals surface area contributed by atoms with Crippen molar-refractivity contribution in [2.24, 2.45) is 0 Å². The predicted octanol–water partition coefficient (Wildman–Crippen LogP) is 2.90. The second kappa shape index (κ2) is 7.93. The summed E-state index contributed by atoms with van der Waals surface area (Å²) >= 11 is 0. The first-order valence-electron chi connectivity index (χ1n) is 10.2. The van der Waals surface area contributed by atoms with Gasteiger partial charge in [0, 0.05) is 31.4 Å². The third-order valence-corrected chi connectivity index (χ3v) is 5.69. The second-order valence-electron chi connectivity index (χ2n) is 7.59. The average molecular weight is 403 g/mol. The lowest BCUT2D eigenvalue weighted by Crippen LogP contribution is -2.35. The van der Waals surface area contributed by atoms with E-state index in [0.29, 0.717) is 11.7 Å². The summed E-state index contributed by atoms with van der Waals surface area (Å²) in [5.41, 5.74) is 11.5. The van der Waals surface area contributed by atoms with Crippen LogP contribution < -0.4 is 10.5 Å². The van der Waals surface area contributed by atoms with E-state index in [9.17, 15) is 0 Å². The Morgan fingerprint density at radius 2 is 1.87 bits per heavy atom. The fourth-order valence-corrected chi connectivity index (χ4v) is 4.13. The van der Waals surface area contributed by atoms with E-state index in [1.165, 1.54) is 11.1 Å². The van der Waals surface area contributed by atoms with Gasteiger partial charge in [-0.3, -0.25) is 4.90 Å². The zero-order valence-corrected chi connectivity index (χ0v) is 17.0. The molecule has 2 N–H and O–H groups in total. The summed E-state index contributed by atoms with van der Waals surface area (Å²) in [6.07, 6.45) is 0.743. The van der Waals surface area contributed by atoms with Crippen molar-refractivity contribution >= 4 is 22.4 Å². The average Bonchev–Trinajstić information content (AvgIpc) is 3.20. The summed E-state index contributed by atoms with van der Waals surface area (Å²) in [7, 11) is 1.64. The third kappa shape index (κ3) is 3.46. The summed E-state index contributed by atoms with van der Waals surface area (Å²) in [5, 5.41) is 5.73. The van der Waals surface area contributed by atoms with Crippen LogP contribution in [0.3, 0.4) is 0 Å². The Morgan fingerprint density at radius 1 is 1.07 bits per heavy atom. The lowest BCUT2D eigenvalue weighted by Gasteiger charge is -2.27. The minimum atomic E-state index is 0.356. The van der Waals surface area contributed by atoms with E-state index < -0.39 is 0 Å². The van der Waals surface area contributed by atoms with Gasteiger partial charge in [-0.2, -0.15) is 9.61 Å². The fraction of sp³-hybridized carbons (Fsp3) is 0.304. The number of nitrogen functional groups attached to an aromatic ring is 1. The standard InChI is InChI=1S/C23H25N5O2/c1-29-21-8-4-7-19-20-14-18(26-28(20)23(24)25-22(19)21)13-16-5-2-3-6-17(16)15-27-9-11-30-12-10-27/h2-8,14H,9-13,15H2,1H3,(H2,24,25). The van der Waals surface area contributed by atoms with Crippen LogP contribution in [0, 0.1) is 0 Å². The summed E-state index contributed by atoms with van der Waals surface area (Å²) in [6, 6.07) is 16.6. The highest BCUT2D eigenvalue weighted by molar-refractivity contribution is 5.97. The number of anilines is 1. The normalized spacial score (nSPS) is 15.1. The molecule has 0 unspecified atom stereocenters. The number of rotatable bonds is 5. The molecule has 0 saturated carbocycles. The van der Waals surface area contributed by atoms with Gasteiger partial charge in [-0.15, -0.1) is 0 Å². The second-order valence-corrected chi connectivity index (χ2v) is 7.59. The van der Waals surface area contributed by atoms with Gasteiger partial charge in [-0.25, -0.2) is 4.98 Å². The zero-order chi connectivity index (χ0) is 20.5. The molecule has 1 aliphatic heterocycles. The van der Waals surface area contributed by atoms with E-state index >= 15 is 0 Å². The first-order valence-corrected chi connectivity index (χ1v) is 10.2. The molecule has 1 saturated heterocycles. The van der Waals surface area contributed by atoms with Gasteiger partial charge in [0.25, 0.3) is 0 Å². The van der Waals surface area contributed by atoms with Crippen molar-refractivity contribution in [2.75, 3.05) is 39.1 Å². The monoisotopic (exact) mass is 403 g/mol. The molecular weight excluding hydrogens is 378 g/mol. The molecule has 1 aliphatic rings. The quantitative estimate of drug-likeness (QED) is 0.552. The third-order valence-electron chi connectivity index (χ3n) is 5.69. The number of ether oxygens (including phenoxy) is 2. The number of nitrogens with zero attached hydrogens (tertiary/aromatic N) is 4. The van der Waals surface area contributed by atoms with Gasteiger partial charge < -0.3 is 15.2 Å². The Bertz CT molecular complexity index is 1200. The molecule has 2 aromatic heterocycles. The van der Waals surface area contributed by atoms with E-state index in [0.717, 1.165) is 61.4 Å². The maximum absolute atomic E-state index is 6.22. The van der Waals surface area contributed by atoms with Gasteiger partial charge >= 0.3 is 0 Å². The van der Waals surface area contributed by atoms with Gasteiger partial charge in [0.05, 0.1) is 31.5 Å². The lowest BCUT2D eigenvalue weighted by atomic mass is 10.0. The van der Waals surface area contributed by atoms with Gasteiger partial charge in [0.15, 0.2) is 0 Å². The SMILES string of the molecule is COc1cccc2c1nc(N)n1nc(Cc3ccccc3CN3CCOCC3)cc21. The van der Waals surface area contributed by atoms with Crippen molar-refractivity contribution in [3.8, 4) is 5.75 Å². The van der Waals surface area contributed by atoms with E-state index in [2.05, 4.69) is 40.2 Å². The number of benzene rings is 2. The number of hydrogen-bond acceptors (Lipinski definition) is 6. The van der Waals surface area contributed by atoms with Crippen LogP contribution in [0.2, 0.25) is 0 Å². The van der Waals surface area contributed by atoms with Gasteiger partial charge in [-0.1, -0.05) is 36.4 Å². The van der Waals surface area contributed by atoms with Crippen molar-refractivity contribution in [2.45, 2.75) is 13.0 Å². The smallest absolute Gasteiger partial charge is 0.222 e. The first-order chi connectivity index (χ1) is 14.7. The number of methoxy groups -OCH3 is 1. The molecule has 0 spiro atoms. The molecule has 0 radical (unpaired) electrons.